The smallest absolute Gasteiger partial charge is 0.416 e. The van der Waals surface area contributed by atoms with Crippen molar-refractivity contribution in [2.75, 3.05) is 0 Å². The Bertz CT molecular complexity index is 1420. The van der Waals surface area contributed by atoms with Gasteiger partial charge in [-0.3, -0.25) is 4.79 Å². The Morgan fingerprint density at radius 3 is 2.51 bits per heavy atom. The van der Waals surface area contributed by atoms with Gasteiger partial charge in [0.2, 0.25) is 0 Å². The number of fused-ring (bicyclic) bond motifs is 1. The van der Waals surface area contributed by atoms with Crippen LogP contribution in [0.4, 0.5) is 13.2 Å². The predicted molar refractivity (Wildman–Crippen MR) is 128 cm³/mol. The number of nitrogens with one attached hydrogen (secondary N) is 1. The maximum atomic E-state index is 13.0. The van der Waals surface area contributed by atoms with E-state index in [0.717, 1.165) is 22.9 Å². The minimum atomic E-state index is -4.42. The number of hydrazone groups is 1. The summed E-state index contributed by atoms with van der Waals surface area (Å²) in [7, 11) is 0. The summed E-state index contributed by atoms with van der Waals surface area (Å²) in [4.78, 5) is 12.3. The lowest BCUT2D eigenvalue weighted by atomic mass is 10.0. The molecule has 5 nitrogen and oxygen atoms in total. The van der Waals surface area contributed by atoms with Gasteiger partial charge in [-0.15, -0.1) is 0 Å². The second-order valence-electron chi connectivity index (χ2n) is 7.55. The molecule has 0 spiro atoms. The fourth-order valence-electron chi connectivity index (χ4n) is 3.40. The van der Waals surface area contributed by atoms with Gasteiger partial charge >= 0.3 is 6.18 Å². The number of nitrogens with zero attached hydrogens (tertiary/aromatic N) is 1. The summed E-state index contributed by atoms with van der Waals surface area (Å²) in [6, 6.07) is 19.8. The molecular weight excluding hydrogens is 481 g/mol. The molecule has 0 aliphatic heterocycles. The molecule has 1 amide bonds. The van der Waals surface area contributed by atoms with E-state index in [1.807, 2.05) is 24.3 Å². The number of carbonyl (C=O) groups is 1. The maximum absolute atomic E-state index is 13.0. The van der Waals surface area contributed by atoms with E-state index in [-0.39, 0.29) is 22.9 Å². The third kappa shape index (κ3) is 5.73. The van der Waals surface area contributed by atoms with Crippen molar-refractivity contribution in [3.63, 3.8) is 0 Å². The average Bonchev–Trinajstić information content (AvgIpc) is 2.84. The van der Waals surface area contributed by atoms with E-state index in [0.29, 0.717) is 16.9 Å². The maximum Gasteiger partial charge on any atom is 0.416 e. The number of alkyl halides is 3. The zero-order chi connectivity index (χ0) is 25.0. The van der Waals surface area contributed by atoms with Gasteiger partial charge in [-0.2, -0.15) is 18.3 Å². The molecule has 0 bridgehead atoms. The lowest BCUT2D eigenvalue weighted by Gasteiger charge is -2.12. The van der Waals surface area contributed by atoms with Crippen LogP contribution < -0.4 is 10.2 Å². The third-order valence-electron chi connectivity index (χ3n) is 5.15. The average molecular weight is 499 g/mol. The first-order chi connectivity index (χ1) is 16.7. The second kappa shape index (κ2) is 10.1. The Morgan fingerprint density at radius 2 is 1.77 bits per heavy atom. The van der Waals surface area contributed by atoms with Gasteiger partial charge in [-0.1, -0.05) is 48.0 Å². The van der Waals surface area contributed by atoms with Crippen LogP contribution >= 0.6 is 11.6 Å². The predicted octanol–water partition coefficient (Wildman–Crippen LogP) is 6.56. The zero-order valence-electron chi connectivity index (χ0n) is 18.0. The highest BCUT2D eigenvalue weighted by Crippen LogP contribution is 2.31. The number of amides is 1. The van der Waals surface area contributed by atoms with Gasteiger partial charge in [0.05, 0.1) is 16.8 Å². The lowest BCUT2D eigenvalue weighted by Crippen LogP contribution is -2.17. The molecule has 0 saturated carbocycles. The normalized spacial score (nSPS) is 11.7. The van der Waals surface area contributed by atoms with Crippen LogP contribution in [-0.4, -0.2) is 17.2 Å². The summed E-state index contributed by atoms with van der Waals surface area (Å²) >= 11 is 5.83. The lowest BCUT2D eigenvalue weighted by molar-refractivity contribution is -0.137. The quantitative estimate of drug-likeness (QED) is 0.233. The summed E-state index contributed by atoms with van der Waals surface area (Å²) in [6.07, 6.45) is -2.95. The molecule has 4 aromatic carbocycles. The van der Waals surface area contributed by atoms with Crippen LogP contribution in [0, 0.1) is 0 Å². The molecule has 0 saturated heterocycles. The Labute approximate surface area is 203 Å². The molecule has 0 atom stereocenters. The molecule has 0 radical (unpaired) electrons. The van der Waals surface area contributed by atoms with Gasteiger partial charge in [0, 0.05) is 16.5 Å². The molecule has 2 N–H and O–H groups in total. The van der Waals surface area contributed by atoms with Gasteiger partial charge in [0.25, 0.3) is 5.91 Å². The standard InChI is InChI=1S/C26H18ClF3N2O3/c27-22-13-17(8-10-23(22)33)25(34)32-31-14-18-9-11-24(21-7-2-1-6-20(18)21)35-15-16-4-3-5-19(12-16)26(28,29)30/h1-14,33H,15H2,(H,32,34). The monoisotopic (exact) mass is 498 g/mol. The first-order valence-electron chi connectivity index (χ1n) is 10.3. The molecule has 4 aromatic rings. The minimum Gasteiger partial charge on any atom is -0.506 e. The Morgan fingerprint density at radius 1 is 1.00 bits per heavy atom. The minimum absolute atomic E-state index is 0.0351. The van der Waals surface area contributed by atoms with Crippen LogP contribution in [-0.2, 0) is 12.8 Å². The highest BCUT2D eigenvalue weighted by molar-refractivity contribution is 6.32. The summed E-state index contributed by atoms with van der Waals surface area (Å²) in [5.41, 5.74) is 2.99. The molecule has 0 heterocycles. The second-order valence-corrected chi connectivity index (χ2v) is 7.96. The topological polar surface area (TPSA) is 70.9 Å². The van der Waals surface area contributed by atoms with E-state index in [9.17, 15) is 23.1 Å². The van der Waals surface area contributed by atoms with Crippen molar-refractivity contribution < 1.29 is 27.8 Å². The Hall–Kier alpha value is -4.04. The van der Waals surface area contributed by atoms with Crippen LogP contribution in [0.2, 0.25) is 5.02 Å². The number of hydrogen-bond donors (Lipinski definition) is 2. The first kappa shape index (κ1) is 24.1. The number of rotatable bonds is 6. The van der Waals surface area contributed by atoms with Crippen LogP contribution in [0.5, 0.6) is 11.5 Å². The number of aromatic hydroxyl groups is 1. The molecule has 178 valence electrons. The van der Waals surface area contributed by atoms with Crippen molar-refractivity contribution in [2.45, 2.75) is 12.8 Å². The number of ether oxygens (including phenoxy) is 1. The van der Waals surface area contributed by atoms with Crippen molar-refractivity contribution in [3.05, 3.63) is 106 Å². The first-order valence-corrected chi connectivity index (χ1v) is 10.7. The molecule has 0 fully saturated rings. The summed E-state index contributed by atoms with van der Waals surface area (Å²) in [6.45, 7) is -0.0351. The SMILES string of the molecule is O=C(NN=Cc1ccc(OCc2cccc(C(F)(F)F)c2)c2ccccc12)c1ccc(O)c(Cl)c1. The van der Waals surface area contributed by atoms with E-state index >= 15 is 0 Å². The number of carbonyl (C=O) groups excluding carboxylic acids is 1. The number of phenols is 1. The highest BCUT2D eigenvalue weighted by Gasteiger charge is 2.30. The van der Waals surface area contributed by atoms with Crippen molar-refractivity contribution >= 4 is 34.5 Å². The van der Waals surface area contributed by atoms with E-state index in [2.05, 4.69) is 10.5 Å². The summed E-state index contributed by atoms with van der Waals surface area (Å²) < 4.78 is 44.7. The fraction of sp³-hybridized carbons (Fsp3) is 0.0769. The largest absolute Gasteiger partial charge is 0.506 e. The molecule has 4 rings (SSSR count). The van der Waals surface area contributed by atoms with Crippen LogP contribution in [0.1, 0.15) is 27.0 Å². The van der Waals surface area contributed by atoms with Crippen LogP contribution in [0.15, 0.2) is 84.0 Å². The number of benzene rings is 4. The van der Waals surface area contributed by atoms with E-state index in [1.54, 1.807) is 18.2 Å². The van der Waals surface area contributed by atoms with Crippen molar-refractivity contribution in [1.82, 2.24) is 5.43 Å². The Balaban J connectivity index is 1.51. The molecule has 9 heteroatoms. The van der Waals surface area contributed by atoms with E-state index < -0.39 is 17.6 Å². The fourth-order valence-corrected chi connectivity index (χ4v) is 3.59. The molecule has 0 aliphatic carbocycles. The van der Waals surface area contributed by atoms with Gasteiger partial charge < -0.3 is 9.84 Å². The number of halogens is 4. The van der Waals surface area contributed by atoms with Crippen molar-refractivity contribution in [1.29, 1.82) is 0 Å². The van der Waals surface area contributed by atoms with Crippen LogP contribution in [0.3, 0.4) is 0 Å². The van der Waals surface area contributed by atoms with Crippen LogP contribution in [0.25, 0.3) is 10.8 Å². The van der Waals surface area contributed by atoms with E-state index in [1.165, 1.54) is 30.5 Å². The summed E-state index contributed by atoms with van der Waals surface area (Å²) in [5.74, 6) is -0.139. The third-order valence-corrected chi connectivity index (χ3v) is 5.45. The van der Waals surface area contributed by atoms with Crippen molar-refractivity contribution in [2.24, 2.45) is 5.10 Å². The zero-order valence-corrected chi connectivity index (χ0v) is 18.8. The molecule has 0 aromatic heterocycles. The number of hydrogen-bond acceptors (Lipinski definition) is 4. The Kier molecular flexibility index (Phi) is 6.93. The highest BCUT2D eigenvalue weighted by atomic mass is 35.5. The number of phenolic OH excluding ortho intramolecular Hbond substituents is 1. The van der Waals surface area contributed by atoms with Gasteiger partial charge in [0.1, 0.15) is 18.1 Å². The van der Waals surface area contributed by atoms with Gasteiger partial charge in [-0.25, -0.2) is 5.43 Å². The molecular formula is C26H18ClF3N2O3. The van der Waals surface area contributed by atoms with Crippen molar-refractivity contribution in [3.8, 4) is 11.5 Å². The molecule has 35 heavy (non-hydrogen) atoms. The van der Waals surface area contributed by atoms with Gasteiger partial charge in [-0.05, 0) is 53.4 Å². The summed E-state index contributed by atoms with van der Waals surface area (Å²) in [5, 5.41) is 15.0. The molecule has 0 aliphatic rings. The molecule has 0 unspecified atom stereocenters. The van der Waals surface area contributed by atoms with E-state index in [4.69, 9.17) is 16.3 Å². The van der Waals surface area contributed by atoms with Gasteiger partial charge in [0.15, 0.2) is 0 Å².